The van der Waals surface area contributed by atoms with Gasteiger partial charge in [-0.3, -0.25) is 0 Å². The Morgan fingerprint density at radius 3 is 2.43 bits per heavy atom. The van der Waals surface area contributed by atoms with Crippen LogP contribution < -0.4 is 0 Å². The molecule has 2 atom stereocenters. The summed E-state index contributed by atoms with van der Waals surface area (Å²) >= 11 is 0. The summed E-state index contributed by atoms with van der Waals surface area (Å²) in [6.07, 6.45) is 34.7. The smallest absolute Gasteiger partial charge is 0.00256 e. The molecule has 2 aliphatic rings. The molecule has 2 aromatic carbocycles. The molecule has 2 aliphatic carbocycles. The van der Waals surface area contributed by atoms with Crippen LogP contribution in [0.3, 0.4) is 0 Å². The van der Waals surface area contributed by atoms with Crippen LogP contribution in [-0.2, 0) is 19.3 Å². The van der Waals surface area contributed by atoms with Gasteiger partial charge in [0.15, 0.2) is 0 Å². The van der Waals surface area contributed by atoms with Crippen LogP contribution in [0, 0.1) is 11.8 Å². The Morgan fingerprint density at radius 2 is 1.67 bits per heavy atom. The summed E-state index contributed by atoms with van der Waals surface area (Å²) in [5.41, 5.74) is 11.4. The van der Waals surface area contributed by atoms with Crippen LogP contribution in [-0.4, -0.2) is 0 Å². The lowest BCUT2D eigenvalue weighted by Crippen LogP contribution is -2.01. The Balaban J connectivity index is 1.39. The maximum absolute atomic E-state index is 4.28. The SMILES string of the molecule is C=C(CCCC)CCCCC(C)CCCCc1cc(Cc2ccccc2)cc2c1/C=C/C=C(C1=CC(C)C=C1)\C=C\C2. The van der Waals surface area contributed by atoms with E-state index >= 15 is 0 Å². The van der Waals surface area contributed by atoms with Crippen molar-refractivity contribution in [2.45, 2.75) is 104 Å². The van der Waals surface area contributed by atoms with Crippen molar-refractivity contribution in [3.8, 4) is 0 Å². The second-order valence-corrected chi connectivity index (χ2v) is 12.9. The van der Waals surface area contributed by atoms with Gasteiger partial charge in [-0.25, -0.2) is 0 Å². The van der Waals surface area contributed by atoms with Crippen molar-refractivity contribution in [2.24, 2.45) is 11.8 Å². The van der Waals surface area contributed by atoms with Crippen LogP contribution in [0.25, 0.3) is 6.08 Å². The first-order valence-electron chi connectivity index (χ1n) is 16.8. The van der Waals surface area contributed by atoms with E-state index in [-0.39, 0.29) is 0 Å². The third-order valence-corrected chi connectivity index (χ3v) is 8.95. The Bertz CT molecular complexity index is 1290. The third kappa shape index (κ3) is 10.3. The summed E-state index contributed by atoms with van der Waals surface area (Å²) in [4.78, 5) is 0. The average molecular weight is 559 g/mol. The van der Waals surface area contributed by atoms with Gasteiger partial charge in [-0.1, -0.05) is 156 Å². The maximum Gasteiger partial charge on any atom is -0.00256 e. The fraction of sp³-hybridized carbons (Fsp3) is 0.429. The molecule has 0 bridgehead atoms. The van der Waals surface area contributed by atoms with Gasteiger partial charge in [0, 0.05) is 0 Å². The van der Waals surface area contributed by atoms with Gasteiger partial charge in [0.2, 0.25) is 0 Å². The molecule has 0 spiro atoms. The molecule has 0 aromatic heterocycles. The molecule has 42 heavy (non-hydrogen) atoms. The van der Waals surface area contributed by atoms with Crippen molar-refractivity contribution in [1.29, 1.82) is 0 Å². The molecule has 0 heteroatoms. The van der Waals surface area contributed by atoms with E-state index in [0.29, 0.717) is 5.92 Å². The number of rotatable bonds is 16. The van der Waals surface area contributed by atoms with Crippen LogP contribution >= 0.6 is 0 Å². The van der Waals surface area contributed by atoms with Crippen molar-refractivity contribution >= 4 is 6.08 Å². The molecule has 0 amide bonds. The first kappa shape index (κ1) is 31.8. The predicted octanol–water partition coefficient (Wildman–Crippen LogP) is 12.1. The number of unbranched alkanes of at least 4 members (excludes halogenated alkanes) is 3. The summed E-state index contributed by atoms with van der Waals surface area (Å²) in [5, 5.41) is 0. The van der Waals surface area contributed by atoms with Crippen LogP contribution in [0.15, 0.2) is 108 Å². The molecular weight excluding hydrogens is 504 g/mol. The van der Waals surface area contributed by atoms with Crippen LogP contribution in [0.2, 0.25) is 0 Å². The van der Waals surface area contributed by atoms with Gasteiger partial charge < -0.3 is 0 Å². The number of aryl methyl sites for hydroxylation is 1. The highest BCUT2D eigenvalue weighted by Crippen LogP contribution is 2.28. The van der Waals surface area contributed by atoms with Gasteiger partial charge in [-0.15, -0.1) is 0 Å². The van der Waals surface area contributed by atoms with E-state index in [2.05, 4.69) is 118 Å². The summed E-state index contributed by atoms with van der Waals surface area (Å²) in [6.45, 7) is 11.3. The van der Waals surface area contributed by atoms with E-state index in [9.17, 15) is 0 Å². The Hall–Kier alpha value is -3.12. The zero-order valence-electron chi connectivity index (χ0n) is 26.7. The van der Waals surface area contributed by atoms with Crippen LogP contribution in [0.5, 0.6) is 0 Å². The summed E-state index contributed by atoms with van der Waals surface area (Å²) < 4.78 is 0. The van der Waals surface area contributed by atoms with E-state index < -0.39 is 0 Å². The molecular formula is C42H54. The largest absolute Gasteiger partial charge is 0.0999 e. The zero-order chi connectivity index (χ0) is 29.6. The lowest BCUT2D eigenvalue weighted by atomic mass is 9.89. The van der Waals surface area contributed by atoms with Crippen LogP contribution in [0.1, 0.15) is 113 Å². The summed E-state index contributed by atoms with van der Waals surface area (Å²) in [5.74, 6) is 1.34. The number of fused-ring (bicyclic) bond motifs is 1. The molecule has 2 unspecified atom stereocenters. The second-order valence-electron chi connectivity index (χ2n) is 12.9. The minimum absolute atomic E-state index is 0.522. The Kier molecular flexibility index (Phi) is 13.0. The molecule has 0 heterocycles. The summed E-state index contributed by atoms with van der Waals surface area (Å²) in [7, 11) is 0. The quantitative estimate of drug-likeness (QED) is 0.142. The molecule has 4 rings (SSSR count). The molecule has 0 N–H and O–H groups in total. The van der Waals surface area contributed by atoms with E-state index in [4.69, 9.17) is 0 Å². The van der Waals surface area contributed by atoms with E-state index in [0.717, 1.165) is 25.2 Å². The molecule has 0 saturated heterocycles. The minimum Gasteiger partial charge on any atom is -0.0999 e. The maximum atomic E-state index is 4.28. The van der Waals surface area contributed by atoms with Gasteiger partial charge in [0.1, 0.15) is 0 Å². The van der Waals surface area contributed by atoms with Crippen molar-refractivity contribution in [3.63, 3.8) is 0 Å². The van der Waals surface area contributed by atoms with Gasteiger partial charge in [0.05, 0.1) is 0 Å². The van der Waals surface area contributed by atoms with Gasteiger partial charge in [-0.05, 0) is 102 Å². The molecule has 0 fully saturated rings. The molecule has 0 aliphatic heterocycles. The number of allylic oxidation sites excluding steroid dienone is 10. The lowest BCUT2D eigenvalue weighted by molar-refractivity contribution is 0.444. The van der Waals surface area contributed by atoms with Gasteiger partial charge >= 0.3 is 0 Å². The molecule has 2 aromatic rings. The van der Waals surface area contributed by atoms with Crippen molar-refractivity contribution in [1.82, 2.24) is 0 Å². The van der Waals surface area contributed by atoms with Crippen LogP contribution in [0.4, 0.5) is 0 Å². The minimum atomic E-state index is 0.522. The topological polar surface area (TPSA) is 0 Å². The van der Waals surface area contributed by atoms with Gasteiger partial charge in [0.25, 0.3) is 0 Å². The highest BCUT2D eigenvalue weighted by molar-refractivity contribution is 5.63. The van der Waals surface area contributed by atoms with Gasteiger partial charge in [-0.2, -0.15) is 0 Å². The third-order valence-electron chi connectivity index (χ3n) is 8.95. The Labute approximate surface area is 257 Å². The van der Waals surface area contributed by atoms with Crippen molar-refractivity contribution in [2.75, 3.05) is 0 Å². The average Bonchev–Trinajstić information content (AvgIpc) is 3.46. The molecule has 0 radical (unpaired) electrons. The normalized spacial score (nSPS) is 19.5. The highest BCUT2D eigenvalue weighted by atomic mass is 14.2. The zero-order valence-corrected chi connectivity index (χ0v) is 26.7. The molecule has 0 saturated carbocycles. The fourth-order valence-corrected chi connectivity index (χ4v) is 6.40. The molecule has 222 valence electrons. The number of hydrogen-bond acceptors (Lipinski definition) is 0. The standard InChI is InChI=1S/C42H54/c1-5-6-16-33(2)17-10-11-18-34(3)19-12-13-22-40-31-37(30-36-20-8-7-9-21-36)32-41-25-14-23-38(24-15-26-42(40)41)39-28-27-35(4)29-39/h7-9,14-15,20-21,23-24,26-29,31-32,34-35H,2,5-6,10-13,16-19,22,25,30H2,1,3-4H3/b23-14+,26-15+,38-24+. The Morgan fingerprint density at radius 1 is 0.881 bits per heavy atom. The first-order chi connectivity index (χ1) is 20.5. The number of benzene rings is 2. The van der Waals surface area contributed by atoms with Crippen molar-refractivity contribution < 1.29 is 0 Å². The van der Waals surface area contributed by atoms with E-state index in [1.165, 1.54) is 109 Å². The first-order valence-corrected chi connectivity index (χ1v) is 16.8. The molecule has 0 nitrogen and oxygen atoms in total. The van der Waals surface area contributed by atoms with E-state index in [1.807, 2.05) is 0 Å². The lowest BCUT2D eigenvalue weighted by Gasteiger charge is -2.16. The predicted molar refractivity (Wildman–Crippen MR) is 186 cm³/mol. The van der Waals surface area contributed by atoms with Crippen molar-refractivity contribution in [3.05, 3.63) is 136 Å². The summed E-state index contributed by atoms with van der Waals surface area (Å²) in [6, 6.07) is 15.9. The second kappa shape index (κ2) is 17.1. The van der Waals surface area contributed by atoms with E-state index in [1.54, 1.807) is 0 Å². The number of hydrogen-bond donors (Lipinski definition) is 0. The fourth-order valence-electron chi connectivity index (χ4n) is 6.40. The monoisotopic (exact) mass is 558 g/mol. The highest BCUT2D eigenvalue weighted by Gasteiger charge is 2.12.